The summed E-state index contributed by atoms with van der Waals surface area (Å²) in [5, 5.41) is 11.8. The molecule has 0 aromatic carbocycles. The van der Waals surface area contributed by atoms with E-state index in [4.69, 9.17) is 4.74 Å². The first-order valence-electron chi connectivity index (χ1n) is 9.42. The summed E-state index contributed by atoms with van der Waals surface area (Å²) >= 11 is 0. The van der Waals surface area contributed by atoms with Crippen molar-refractivity contribution in [3.63, 3.8) is 0 Å². The molecule has 4 rings (SSSR count). The van der Waals surface area contributed by atoms with E-state index in [1.54, 1.807) is 12.4 Å². The van der Waals surface area contributed by atoms with Crippen molar-refractivity contribution in [1.82, 2.24) is 20.1 Å². The van der Waals surface area contributed by atoms with Crippen molar-refractivity contribution >= 4 is 23.2 Å². The molecule has 0 bridgehead atoms. The summed E-state index contributed by atoms with van der Waals surface area (Å²) in [6.45, 7) is 4.42. The lowest BCUT2D eigenvalue weighted by Crippen LogP contribution is -2.51. The highest BCUT2D eigenvalue weighted by Crippen LogP contribution is 2.21. The van der Waals surface area contributed by atoms with Gasteiger partial charge in [-0.05, 0) is 37.1 Å². The van der Waals surface area contributed by atoms with Gasteiger partial charge in [0.25, 0.3) is 0 Å². The van der Waals surface area contributed by atoms with E-state index in [2.05, 4.69) is 25.4 Å². The molecule has 2 fully saturated rings. The molecule has 0 spiro atoms. The van der Waals surface area contributed by atoms with Gasteiger partial charge in [-0.3, -0.25) is 9.78 Å². The smallest absolute Gasteiger partial charge is 0.225 e. The monoisotopic (exact) mass is 368 g/mol. The molecule has 2 aromatic rings. The lowest BCUT2D eigenvalue weighted by Gasteiger charge is -2.37. The maximum atomic E-state index is 12.6. The topological polar surface area (TPSA) is 83.5 Å². The quantitative estimate of drug-likeness (QED) is 0.879. The Morgan fingerprint density at radius 1 is 1.00 bits per heavy atom. The fourth-order valence-corrected chi connectivity index (χ4v) is 3.50. The molecule has 8 nitrogen and oxygen atoms in total. The average Bonchev–Trinajstić information content (AvgIpc) is 2.75. The zero-order valence-corrected chi connectivity index (χ0v) is 15.3. The molecule has 2 aromatic heterocycles. The fraction of sp³-hybridized carbons (Fsp3) is 0.474. The first-order valence-corrected chi connectivity index (χ1v) is 9.42. The summed E-state index contributed by atoms with van der Waals surface area (Å²) in [6.07, 6.45) is 5.14. The second kappa shape index (κ2) is 8.30. The van der Waals surface area contributed by atoms with Crippen LogP contribution in [0.1, 0.15) is 12.8 Å². The Balaban J connectivity index is 1.31. The Kier molecular flexibility index (Phi) is 5.43. The molecular formula is C19H24N6O2. The number of nitrogens with one attached hydrogen (secondary N) is 1. The van der Waals surface area contributed by atoms with E-state index in [-0.39, 0.29) is 11.8 Å². The number of piperazine rings is 1. The lowest BCUT2D eigenvalue weighted by molar-refractivity contribution is -0.138. The van der Waals surface area contributed by atoms with Crippen molar-refractivity contribution in [3.05, 3.63) is 36.7 Å². The number of ether oxygens (including phenoxy) is 1. The first kappa shape index (κ1) is 17.7. The van der Waals surface area contributed by atoms with E-state index >= 15 is 0 Å². The van der Waals surface area contributed by atoms with Crippen LogP contribution >= 0.6 is 0 Å². The summed E-state index contributed by atoms with van der Waals surface area (Å²) in [5.74, 6) is 1.94. The van der Waals surface area contributed by atoms with Crippen molar-refractivity contribution in [2.45, 2.75) is 12.8 Å². The van der Waals surface area contributed by atoms with Crippen LogP contribution in [0.4, 0.5) is 17.3 Å². The van der Waals surface area contributed by atoms with Gasteiger partial charge >= 0.3 is 0 Å². The van der Waals surface area contributed by atoms with Crippen molar-refractivity contribution in [2.24, 2.45) is 5.92 Å². The van der Waals surface area contributed by atoms with E-state index in [0.29, 0.717) is 19.0 Å². The summed E-state index contributed by atoms with van der Waals surface area (Å²) < 4.78 is 5.36. The van der Waals surface area contributed by atoms with Gasteiger partial charge < -0.3 is 19.9 Å². The lowest BCUT2D eigenvalue weighted by atomic mass is 9.98. The average molecular weight is 368 g/mol. The predicted molar refractivity (Wildman–Crippen MR) is 102 cm³/mol. The Morgan fingerprint density at radius 2 is 1.74 bits per heavy atom. The van der Waals surface area contributed by atoms with Crippen LogP contribution in [0.5, 0.6) is 0 Å². The molecule has 0 saturated carbocycles. The van der Waals surface area contributed by atoms with Crippen LogP contribution in [0, 0.1) is 5.92 Å². The molecule has 142 valence electrons. The standard InChI is InChI=1S/C19H24N6O2/c26-19(15-5-13-27-14-6-15)25-11-9-24(10-12-25)18-2-1-17(22-23-18)21-16-3-7-20-8-4-16/h1-4,7-8,15H,5-6,9-14H2,(H,20,21,22). The van der Waals surface area contributed by atoms with Crippen LogP contribution in [0.3, 0.4) is 0 Å². The molecule has 27 heavy (non-hydrogen) atoms. The number of hydrogen-bond donors (Lipinski definition) is 1. The van der Waals surface area contributed by atoms with Gasteiger partial charge in [0, 0.05) is 63.4 Å². The number of hydrogen-bond acceptors (Lipinski definition) is 7. The summed E-state index contributed by atoms with van der Waals surface area (Å²) in [5.41, 5.74) is 0.923. The van der Waals surface area contributed by atoms with Crippen LogP contribution in [-0.4, -0.2) is 65.4 Å². The number of carbonyl (C=O) groups excluding carboxylic acids is 1. The van der Waals surface area contributed by atoms with Crippen LogP contribution < -0.4 is 10.2 Å². The summed E-state index contributed by atoms with van der Waals surface area (Å²) in [6, 6.07) is 7.64. The molecule has 2 aliphatic heterocycles. The molecule has 0 radical (unpaired) electrons. The third-order valence-corrected chi connectivity index (χ3v) is 5.09. The Morgan fingerprint density at radius 3 is 2.41 bits per heavy atom. The van der Waals surface area contributed by atoms with Crippen molar-refractivity contribution in [1.29, 1.82) is 0 Å². The number of amides is 1. The largest absolute Gasteiger partial charge is 0.381 e. The second-order valence-electron chi connectivity index (χ2n) is 6.84. The predicted octanol–water partition coefficient (Wildman–Crippen LogP) is 1.69. The Bertz CT molecular complexity index is 741. The number of aromatic nitrogens is 3. The molecule has 1 N–H and O–H groups in total. The summed E-state index contributed by atoms with van der Waals surface area (Å²) in [7, 11) is 0. The second-order valence-corrected chi connectivity index (χ2v) is 6.84. The van der Waals surface area contributed by atoms with E-state index in [1.807, 2.05) is 29.2 Å². The molecular weight excluding hydrogens is 344 g/mol. The minimum absolute atomic E-state index is 0.128. The normalized spacial score (nSPS) is 18.4. The maximum Gasteiger partial charge on any atom is 0.225 e. The zero-order valence-electron chi connectivity index (χ0n) is 15.3. The van der Waals surface area contributed by atoms with E-state index in [1.165, 1.54) is 0 Å². The van der Waals surface area contributed by atoms with Crippen LogP contribution in [0.15, 0.2) is 36.7 Å². The minimum atomic E-state index is 0.128. The first-order chi connectivity index (χ1) is 13.3. The van der Waals surface area contributed by atoms with Gasteiger partial charge in [0.1, 0.15) is 0 Å². The highest BCUT2D eigenvalue weighted by atomic mass is 16.5. The maximum absolute atomic E-state index is 12.6. The van der Waals surface area contributed by atoms with E-state index in [0.717, 1.165) is 50.5 Å². The van der Waals surface area contributed by atoms with Gasteiger partial charge in [0.05, 0.1) is 0 Å². The molecule has 0 unspecified atom stereocenters. The zero-order chi connectivity index (χ0) is 18.5. The number of pyridine rings is 1. The molecule has 2 aliphatic rings. The third-order valence-electron chi connectivity index (χ3n) is 5.09. The van der Waals surface area contributed by atoms with Gasteiger partial charge in [-0.15, -0.1) is 10.2 Å². The number of carbonyl (C=O) groups is 1. The van der Waals surface area contributed by atoms with E-state index in [9.17, 15) is 4.79 Å². The molecule has 4 heterocycles. The number of anilines is 3. The molecule has 8 heteroatoms. The van der Waals surface area contributed by atoms with Crippen molar-refractivity contribution in [3.8, 4) is 0 Å². The third kappa shape index (κ3) is 4.33. The summed E-state index contributed by atoms with van der Waals surface area (Å²) in [4.78, 5) is 20.8. The van der Waals surface area contributed by atoms with E-state index < -0.39 is 0 Å². The SMILES string of the molecule is O=C(C1CCOCC1)N1CCN(c2ccc(Nc3ccncc3)nn2)CC1. The van der Waals surface area contributed by atoms with Crippen molar-refractivity contribution in [2.75, 3.05) is 49.6 Å². The van der Waals surface area contributed by atoms with Gasteiger partial charge in [0.2, 0.25) is 5.91 Å². The molecule has 0 atom stereocenters. The molecule has 1 amide bonds. The fourth-order valence-electron chi connectivity index (χ4n) is 3.50. The van der Waals surface area contributed by atoms with Gasteiger partial charge in [-0.2, -0.15) is 0 Å². The van der Waals surface area contributed by atoms with Gasteiger partial charge in [-0.1, -0.05) is 0 Å². The Hall–Kier alpha value is -2.74. The van der Waals surface area contributed by atoms with Crippen LogP contribution in [0.25, 0.3) is 0 Å². The molecule has 0 aliphatic carbocycles. The van der Waals surface area contributed by atoms with Crippen LogP contribution in [-0.2, 0) is 9.53 Å². The highest BCUT2D eigenvalue weighted by Gasteiger charge is 2.29. The Labute approximate surface area is 158 Å². The minimum Gasteiger partial charge on any atom is -0.381 e. The molecule has 2 saturated heterocycles. The number of nitrogens with zero attached hydrogens (tertiary/aromatic N) is 5. The van der Waals surface area contributed by atoms with Crippen LogP contribution in [0.2, 0.25) is 0 Å². The van der Waals surface area contributed by atoms with Gasteiger partial charge in [0.15, 0.2) is 11.6 Å². The van der Waals surface area contributed by atoms with Gasteiger partial charge in [-0.25, -0.2) is 0 Å². The highest BCUT2D eigenvalue weighted by molar-refractivity contribution is 5.79. The van der Waals surface area contributed by atoms with Crippen molar-refractivity contribution < 1.29 is 9.53 Å². The number of rotatable bonds is 4.